The van der Waals surface area contributed by atoms with Crippen molar-refractivity contribution < 1.29 is 4.79 Å². The second-order valence-electron chi connectivity index (χ2n) is 5.36. The van der Waals surface area contributed by atoms with Gasteiger partial charge in [-0.1, -0.05) is 12.1 Å². The first-order valence-corrected chi connectivity index (χ1v) is 7.07. The molecule has 1 atom stereocenters. The van der Waals surface area contributed by atoms with Gasteiger partial charge in [-0.05, 0) is 12.1 Å². The summed E-state index contributed by atoms with van der Waals surface area (Å²) >= 11 is 0. The van der Waals surface area contributed by atoms with E-state index in [0.717, 1.165) is 29.8 Å². The van der Waals surface area contributed by atoms with Crippen molar-refractivity contribution in [2.45, 2.75) is 6.04 Å². The Morgan fingerprint density at radius 3 is 2.95 bits per heavy atom. The average Bonchev–Trinajstić information content (AvgIpc) is 2.53. The maximum atomic E-state index is 12.4. The number of nitrogens with zero attached hydrogens (tertiary/aromatic N) is 4. The van der Waals surface area contributed by atoms with Crippen LogP contribution in [0.4, 0.5) is 5.82 Å². The van der Waals surface area contributed by atoms with Gasteiger partial charge in [0.05, 0.1) is 5.52 Å². The molecule has 3 rings (SSSR count). The van der Waals surface area contributed by atoms with Crippen molar-refractivity contribution >= 4 is 22.6 Å². The van der Waals surface area contributed by atoms with E-state index < -0.39 is 0 Å². The van der Waals surface area contributed by atoms with E-state index in [-0.39, 0.29) is 11.9 Å². The summed E-state index contributed by atoms with van der Waals surface area (Å²) in [5.41, 5.74) is 0.900. The van der Waals surface area contributed by atoms with E-state index in [0.29, 0.717) is 6.54 Å². The van der Waals surface area contributed by atoms with E-state index in [9.17, 15) is 4.79 Å². The number of likely N-dealkylation sites (N-methyl/N-ethyl adjacent to an activating group) is 1. The topological polar surface area (TPSA) is 61.4 Å². The lowest BCUT2D eigenvalue weighted by molar-refractivity contribution is -0.130. The Morgan fingerprint density at radius 1 is 1.33 bits per heavy atom. The molecule has 6 heteroatoms. The van der Waals surface area contributed by atoms with Crippen LogP contribution < -0.4 is 10.2 Å². The van der Waals surface area contributed by atoms with Crippen LogP contribution in [0, 0.1) is 0 Å². The highest BCUT2D eigenvalue weighted by atomic mass is 16.2. The van der Waals surface area contributed by atoms with Gasteiger partial charge in [0.15, 0.2) is 0 Å². The Hall–Kier alpha value is -2.21. The summed E-state index contributed by atoms with van der Waals surface area (Å²) in [6.07, 6.45) is 1.57. The van der Waals surface area contributed by atoms with Gasteiger partial charge in [0.1, 0.15) is 18.2 Å². The SMILES string of the molecule is CN(C)C(=O)C1CNCCN1c1ncnc2ccccc12. The Labute approximate surface area is 123 Å². The van der Waals surface area contributed by atoms with Crippen molar-refractivity contribution in [2.75, 3.05) is 38.6 Å². The minimum Gasteiger partial charge on any atom is -0.347 e. The van der Waals surface area contributed by atoms with Crippen molar-refractivity contribution in [3.8, 4) is 0 Å². The summed E-state index contributed by atoms with van der Waals surface area (Å²) in [6, 6.07) is 7.67. The van der Waals surface area contributed by atoms with Crippen LogP contribution in [-0.4, -0.2) is 60.5 Å². The van der Waals surface area contributed by atoms with Crippen molar-refractivity contribution in [1.29, 1.82) is 0 Å². The largest absolute Gasteiger partial charge is 0.347 e. The highest BCUT2D eigenvalue weighted by Gasteiger charge is 2.31. The molecule has 1 aliphatic rings. The molecule has 21 heavy (non-hydrogen) atoms. The summed E-state index contributed by atoms with van der Waals surface area (Å²) in [5.74, 6) is 0.923. The lowest BCUT2D eigenvalue weighted by atomic mass is 10.1. The number of aromatic nitrogens is 2. The fourth-order valence-electron chi connectivity index (χ4n) is 2.70. The maximum Gasteiger partial charge on any atom is 0.246 e. The van der Waals surface area contributed by atoms with Crippen LogP contribution in [0.1, 0.15) is 0 Å². The molecular weight excluding hydrogens is 266 g/mol. The first kappa shape index (κ1) is 13.8. The predicted molar refractivity (Wildman–Crippen MR) is 82.2 cm³/mol. The number of amides is 1. The third-order valence-corrected chi connectivity index (χ3v) is 3.76. The molecule has 1 amide bonds. The van der Waals surface area contributed by atoms with Crippen LogP contribution in [0.25, 0.3) is 10.9 Å². The Bertz CT molecular complexity index is 652. The van der Waals surface area contributed by atoms with Crippen molar-refractivity contribution in [2.24, 2.45) is 0 Å². The molecule has 1 N–H and O–H groups in total. The zero-order chi connectivity index (χ0) is 14.8. The quantitative estimate of drug-likeness (QED) is 0.870. The molecule has 0 spiro atoms. The first-order valence-electron chi connectivity index (χ1n) is 7.07. The molecule has 0 radical (unpaired) electrons. The molecule has 0 saturated carbocycles. The molecule has 0 aliphatic carbocycles. The van der Waals surface area contributed by atoms with E-state index >= 15 is 0 Å². The molecule has 1 aromatic heterocycles. The Balaban J connectivity index is 2.04. The second kappa shape index (κ2) is 5.65. The fourth-order valence-corrected chi connectivity index (χ4v) is 2.70. The summed E-state index contributed by atoms with van der Waals surface area (Å²) in [6.45, 7) is 2.23. The number of para-hydroxylation sites is 1. The van der Waals surface area contributed by atoms with E-state index in [1.807, 2.05) is 24.3 Å². The highest BCUT2D eigenvalue weighted by Crippen LogP contribution is 2.25. The molecule has 2 aromatic rings. The number of hydrogen-bond acceptors (Lipinski definition) is 5. The molecule has 6 nitrogen and oxygen atoms in total. The number of carbonyl (C=O) groups is 1. The molecule has 0 bridgehead atoms. The molecule has 1 fully saturated rings. The molecule has 1 aliphatic heterocycles. The maximum absolute atomic E-state index is 12.4. The van der Waals surface area contributed by atoms with Crippen LogP contribution in [0.15, 0.2) is 30.6 Å². The number of fused-ring (bicyclic) bond motifs is 1. The van der Waals surface area contributed by atoms with Gasteiger partial charge in [0.25, 0.3) is 0 Å². The summed E-state index contributed by atoms with van der Waals surface area (Å²) < 4.78 is 0. The fraction of sp³-hybridized carbons (Fsp3) is 0.400. The van der Waals surface area contributed by atoms with Crippen molar-refractivity contribution in [1.82, 2.24) is 20.2 Å². The van der Waals surface area contributed by atoms with E-state index in [2.05, 4.69) is 20.2 Å². The molecule has 110 valence electrons. The lowest BCUT2D eigenvalue weighted by Crippen LogP contribution is -2.58. The average molecular weight is 285 g/mol. The number of anilines is 1. The van der Waals surface area contributed by atoms with Gasteiger partial charge in [-0.2, -0.15) is 0 Å². The van der Waals surface area contributed by atoms with Crippen LogP contribution in [0.3, 0.4) is 0 Å². The van der Waals surface area contributed by atoms with E-state index in [1.165, 1.54) is 0 Å². The third-order valence-electron chi connectivity index (χ3n) is 3.76. The molecule has 1 aromatic carbocycles. The number of benzene rings is 1. The van der Waals surface area contributed by atoms with Gasteiger partial charge < -0.3 is 15.1 Å². The van der Waals surface area contributed by atoms with Crippen LogP contribution in [0.2, 0.25) is 0 Å². The Morgan fingerprint density at radius 2 is 2.14 bits per heavy atom. The van der Waals surface area contributed by atoms with Gasteiger partial charge in [-0.15, -0.1) is 0 Å². The van der Waals surface area contributed by atoms with Gasteiger partial charge in [0.2, 0.25) is 5.91 Å². The minimum absolute atomic E-state index is 0.0879. The number of hydrogen-bond donors (Lipinski definition) is 1. The van der Waals surface area contributed by atoms with Gasteiger partial charge in [-0.25, -0.2) is 9.97 Å². The number of carbonyl (C=O) groups excluding carboxylic acids is 1. The third kappa shape index (κ3) is 2.54. The van der Waals surface area contributed by atoms with E-state index in [4.69, 9.17) is 0 Å². The first-order chi connectivity index (χ1) is 10.2. The smallest absolute Gasteiger partial charge is 0.246 e. The monoisotopic (exact) mass is 285 g/mol. The normalized spacial score (nSPS) is 18.8. The molecular formula is C15H19N5O. The highest BCUT2D eigenvalue weighted by molar-refractivity contribution is 5.93. The van der Waals surface area contributed by atoms with E-state index in [1.54, 1.807) is 25.3 Å². The number of rotatable bonds is 2. The van der Waals surface area contributed by atoms with Crippen LogP contribution in [-0.2, 0) is 4.79 Å². The summed E-state index contributed by atoms with van der Waals surface area (Å²) in [7, 11) is 3.57. The van der Waals surface area contributed by atoms with Crippen molar-refractivity contribution in [3.05, 3.63) is 30.6 Å². The zero-order valence-corrected chi connectivity index (χ0v) is 12.3. The van der Waals surface area contributed by atoms with Crippen molar-refractivity contribution in [3.63, 3.8) is 0 Å². The number of piperazine rings is 1. The summed E-state index contributed by atoms with van der Waals surface area (Å²) in [4.78, 5) is 24.9. The molecule has 1 unspecified atom stereocenters. The predicted octanol–water partition coefficient (Wildman–Crippen LogP) is 0.496. The molecule has 1 saturated heterocycles. The van der Waals surface area contributed by atoms with Crippen LogP contribution in [0.5, 0.6) is 0 Å². The standard InChI is InChI=1S/C15H19N5O/c1-19(2)15(21)13-9-16-7-8-20(13)14-11-5-3-4-6-12(11)17-10-18-14/h3-6,10,13,16H,7-9H2,1-2H3. The lowest BCUT2D eigenvalue weighted by Gasteiger charge is -2.37. The molecule has 2 heterocycles. The summed E-state index contributed by atoms with van der Waals surface area (Å²) in [5, 5.41) is 4.27. The zero-order valence-electron chi connectivity index (χ0n) is 12.3. The number of nitrogens with one attached hydrogen (secondary N) is 1. The van der Waals surface area contributed by atoms with Crippen LogP contribution >= 0.6 is 0 Å². The van der Waals surface area contributed by atoms with Gasteiger partial charge in [-0.3, -0.25) is 4.79 Å². The minimum atomic E-state index is -0.230. The second-order valence-corrected chi connectivity index (χ2v) is 5.36. The van der Waals surface area contributed by atoms with Gasteiger partial charge in [0, 0.05) is 39.1 Å². The Kier molecular flexibility index (Phi) is 3.70. The van der Waals surface area contributed by atoms with Gasteiger partial charge >= 0.3 is 0 Å².